The van der Waals surface area contributed by atoms with E-state index in [0.717, 1.165) is 35.3 Å². The second kappa shape index (κ2) is 9.61. The van der Waals surface area contributed by atoms with Crippen LogP contribution in [0.4, 0.5) is 11.4 Å². The number of nitrogens with zero attached hydrogens (tertiary/aromatic N) is 3. The van der Waals surface area contributed by atoms with Gasteiger partial charge in [0.1, 0.15) is 0 Å². The molecule has 0 bridgehead atoms. The Bertz CT molecular complexity index is 1290. The smallest absolute Gasteiger partial charge is 0.277 e. The molecule has 1 aromatic heterocycles. The molecule has 0 radical (unpaired) electrons. The normalized spacial score (nSPS) is 12.5. The molecule has 0 unspecified atom stereocenters. The maximum atomic E-state index is 13.5. The fourth-order valence-corrected chi connectivity index (χ4v) is 4.70. The van der Waals surface area contributed by atoms with Gasteiger partial charge in [0.05, 0.1) is 31.3 Å². The molecule has 0 spiro atoms. The SMILES string of the molecule is COc1ccc(-c2nnc(SCC(=O)N3c4ccccc4CCc4ccccc43)o2)cc1OC. The van der Waals surface area contributed by atoms with Crippen molar-refractivity contribution in [3.8, 4) is 23.0 Å². The van der Waals surface area contributed by atoms with Crippen LogP contribution in [0, 0.1) is 0 Å². The van der Waals surface area contributed by atoms with Crippen LogP contribution in [-0.2, 0) is 17.6 Å². The van der Waals surface area contributed by atoms with Crippen LogP contribution in [-0.4, -0.2) is 36.1 Å². The van der Waals surface area contributed by atoms with Crippen molar-refractivity contribution < 1.29 is 18.7 Å². The van der Waals surface area contributed by atoms with Crippen LogP contribution in [0.25, 0.3) is 11.5 Å². The van der Waals surface area contributed by atoms with Gasteiger partial charge in [0.25, 0.3) is 5.22 Å². The number of carbonyl (C=O) groups is 1. The van der Waals surface area contributed by atoms with Gasteiger partial charge in [0, 0.05) is 5.56 Å². The molecule has 34 heavy (non-hydrogen) atoms. The van der Waals surface area contributed by atoms with E-state index < -0.39 is 0 Å². The minimum atomic E-state index is -0.0438. The Labute approximate surface area is 201 Å². The quantitative estimate of drug-likeness (QED) is 0.351. The van der Waals surface area contributed by atoms with Gasteiger partial charge in [-0.25, -0.2) is 0 Å². The molecule has 0 fully saturated rings. The molecular formula is C26H23N3O4S. The first-order valence-corrected chi connectivity index (χ1v) is 11.8. The molecule has 8 heteroatoms. The molecule has 0 saturated heterocycles. The molecule has 1 amide bonds. The van der Waals surface area contributed by atoms with Crippen molar-refractivity contribution in [2.45, 2.75) is 18.1 Å². The number of methoxy groups -OCH3 is 2. The fraction of sp³-hybridized carbons (Fsp3) is 0.192. The monoisotopic (exact) mass is 473 g/mol. The average molecular weight is 474 g/mol. The molecule has 0 N–H and O–H groups in total. The zero-order valence-electron chi connectivity index (χ0n) is 18.9. The first-order valence-electron chi connectivity index (χ1n) is 10.9. The van der Waals surface area contributed by atoms with Gasteiger partial charge < -0.3 is 13.9 Å². The Morgan fingerprint density at radius 2 is 1.56 bits per heavy atom. The highest BCUT2D eigenvalue weighted by Gasteiger charge is 2.26. The van der Waals surface area contributed by atoms with Crippen LogP contribution < -0.4 is 14.4 Å². The molecule has 7 nitrogen and oxygen atoms in total. The third-order valence-corrected chi connectivity index (χ3v) is 6.54. The van der Waals surface area contributed by atoms with Gasteiger partial charge in [-0.15, -0.1) is 10.2 Å². The lowest BCUT2D eigenvalue weighted by molar-refractivity contribution is -0.115. The molecule has 2 heterocycles. The molecule has 0 aliphatic carbocycles. The van der Waals surface area contributed by atoms with E-state index >= 15 is 0 Å². The van der Waals surface area contributed by atoms with Crippen LogP contribution in [0.5, 0.6) is 11.5 Å². The Balaban J connectivity index is 1.36. The van der Waals surface area contributed by atoms with Crippen molar-refractivity contribution in [3.63, 3.8) is 0 Å². The Morgan fingerprint density at radius 3 is 2.21 bits per heavy atom. The maximum Gasteiger partial charge on any atom is 0.277 e. The molecule has 4 aromatic rings. The molecular weight excluding hydrogens is 450 g/mol. The number of rotatable bonds is 6. The summed E-state index contributed by atoms with van der Waals surface area (Å²) in [6.45, 7) is 0. The third-order valence-electron chi connectivity index (χ3n) is 5.73. The fourth-order valence-electron chi connectivity index (χ4n) is 4.09. The van der Waals surface area contributed by atoms with Crippen LogP contribution in [0.3, 0.4) is 0 Å². The average Bonchev–Trinajstić information content (AvgIpc) is 3.29. The Kier molecular flexibility index (Phi) is 6.22. The van der Waals surface area contributed by atoms with Gasteiger partial charge in [-0.2, -0.15) is 0 Å². The lowest BCUT2D eigenvalue weighted by Gasteiger charge is -2.24. The van der Waals surface area contributed by atoms with E-state index in [1.807, 2.05) is 47.4 Å². The largest absolute Gasteiger partial charge is 0.493 e. The molecule has 0 atom stereocenters. The molecule has 172 valence electrons. The molecule has 3 aromatic carbocycles. The third kappa shape index (κ3) is 4.24. The van der Waals surface area contributed by atoms with Crippen LogP contribution >= 0.6 is 11.8 Å². The summed E-state index contributed by atoms with van der Waals surface area (Å²) in [6, 6.07) is 21.5. The minimum absolute atomic E-state index is 0.0438. The first-order chi connectivity index (χ1) is 16.7. The topological polar surface area (TPSA) is 77.7 Å². The number of anilines is 2. The summed E-state index contributed by atoms with van der Waals surface area (Å²) in [7, 11) is 3.15. The summed E-state index contributed by atoms with van der Waals surface area (Å²) in [5, 5.41) is 8.58. The van der Waals surface area contributed by atoms with Crippen LogP contribution in [0.1, 0.15) is 11.1 Å². The molecule has 1 aliphatic heterocycles. The van der Waals surface area contributed by atoms with Crippen molar-refractivity contribution in [1.29, 1.82) is 0 Å². The number of amides is 1. The lowest BCUT2D eigenvalue weighted by atomic mass is 10.0. The highest BCUT2D eigenvalue weighted by molar-refractivity contribution is 7.99. The van der Waals surface area contributed by atoms with E-state index in [9.17, 15) is 4.79 Å². The Morgan fingerprint density at radius 1 is 0.912 bits per heavy atom. The molecule has 5 rings (SSSR count). The highest BCUT2D eigenvalue weighted by atomic mass is 32.2. The number of para-hydroxylation sites is 2. The number of benzene rings is 3. The summed E-state index contributed by atoms with van der Waals surface area (Å²) in [5.41, 5.74) is 4.87. The van der Waals surface area contributed by atoms with E-state index in [1.165, 1.54) is 11.8 Å². The number of thioether (sulfide) groups is 1. The van der Waals surface area contributed by atoms with Gasteiger partial charge in [-0.1, -0.05) is 48.2 Å². The van der Waals surface area contributed by atoms with E-state index in [4.69, 9.17) is 13.9 Å². The predicted molar refractivity (Wildman–Crippen MR) is 131 cm³/mol. The number of hydrogen-bond donors (Lipinski definition) is 0. The van der Waals surface area contributed by atoms with Gasteiger partial charge in [0.15, 0.2) is 11.5 Å². The zero-order valence-corrected chi connectivity index (χ0v) is 19.7. The highest BCUT2D eigenvalue weighted by Crippen LogP contribution is 2.37. The standard InChI is InChI=1S/C26H23N3O4S/c1-31-22-14-13-19(15-23(22)32-2)25-27-28-26(33-25)34-16-24(30)29-20-9-5-3-7-17(20)11-12-18-8-4-6-10-21(18)29/h3-10,13-15H,11-12,16H2,1-2H3. The number of aryl methyl sites for hydroxylation is 2. The molecule has 0 saturated carbocycles. The second-order valence-electron chi connectivity index (χ2n) is 7.72. The van der Waals surface area contributed by atoms with E-state index in [1.54, 1.807) is 26.4 Å². The second-order valence-corrected chi connectivity index (χ2v) is 8.64. The summed E-state index contributed by atoms with van der Waals surface area (Å²) in [6.07, 6.45) is 1.78. The van der Waals surface area contributed by atoms with Crippen molar-refractivity contribution >= 4 is 29.0 Å². The summed E-state index contributed by atoms with van der Waals surface area (Å²) in [5.74, 6) is 1.65. The van der Waals surface area contributed by atoms with Crippen LogP contribution in [0.2, 0.25) is 0 Å². The molecule has 1 aliphatic rings. The van der Waals surface area contributed by atoms with Crippen molar-refractivity contribution in [2.75, 3.05) is 24.9 Å². The van der Waals surface area contributed by atoms with E-state index in [0.29, 0.717) is 28.2 Å². The number of hydrogen-bond acceptors (Lipinski definition) is 7. The number of aromatic nitrogens is 2. The summed E-state index contributed by atoms with van der Waals surface area (Å²) < 4.78 is 16.4. The maximum absolute atomic E-state index is 13.5. The number of carbonyl (C=O) groups excluding carboxylic acids is 1. The first kappa shape index (κ1) is 22.0. The van der Waals surface area contributed by atoms with Crippen LogP contribution in [0.15, 0.2) is 76.4 Å². The van der Waals surface area contributed by atoms with E-state index in [-0.39, 0.29) is 11.7 Å². The number of fused-ring (bicyclic) bond motifs is 2. The minimum Gasteiger partial charge on any atom is -0.493 e. The zero-order chi connectivity index (χ0) is 23.5. The van der Waals surface area contributed by atoms with Gasteiger partial charge in [0.2, 0.25) is 11.8 Å². The summed E-state index contributed by atoms with van der Waals surface area (Å²) in [4.78, 5) is 15.3. The van der Waals surface area contributed by atoms with Crippen molar-refractivity contribution in [1.82, 2.24) is 10.2 Å². The van der Waals surface area contributed by atoms with Gasteiger partial charge >= 0.3 is 0 Å². The Hall–Kier alpha value is -3.78. The van der Waals surface area contributed by atoms with Crippen molar-refractivity contribution in [2.24, 2.45) is 0 Å². The van der Waals surface area contributed by atoms with Crippen molar-refractivity contribution in [3.05, 3.63) is 77.9 Å². The summed E-state index contributed by atoms with van der Waals surface area (Å²) >= 11 is 1.22. The lowest BCUT2D eigenvalue weighted by Crippen LogP contribution is -2.28. The number of ether oxygens (including phenoxy) is 2. The van der Waals surface area contributed by atoms with E-state index in [2.05, 4.69) is 22.3 Å². The van der Waals surface area contributed by atoms with Gasteiger partial charge in [-0.05, 0) is 54.3 Å². The van der Waals surface area contributed by atoms with Gasteiger partial charge in [-0.3, -0.25) is 9.69 Å². The predicted octanol–water partition coefficient (Wildman–Crippen LogP) is 5.31.